The number of benzene rings is 1. The molecule has 80 valence electrons. The fraction of sp³-hybridized carbons (Fsp3) is 0.0909. The van der Waals surface area contributed by atoms with Gasteiger partial charge in [-0.15, -0.1) is 0 Å². The van der Waals surface area contributed by atoms with Crippen LogP contribution in [0, 0.1) is 17.1 Å². The molecule has 1 aromatic carbocycles. The average molecular weight is 216 g/mol. The number of halogens is 1. The lowest BCUT2D eigenvalue weighted by Gasteiger charge is -2.06. The van der Waals surface area contributed by atoms with E-state index in [2.05, 4.69) is 15.5 Å². The van der Waals surface area contributed by atoms with Crippen LogP contribution in [-0.4, -0.2) is 10.2 Å². The standard InChI is InChI=1S/C11H9FN4/c12-10-1-2-11(9(3-10)4-13)14-5-8-6-15-16-7-8/h1-3,6-7,14H,5H2,(H,15,16). The minimum atomic E-state index is -0.412. The van der Waals surface area contributed by atoms with Crippen LogP contribution in [0.2, 0.25) is 0 Å². The zero-order valence-electron chi connectivity index (χ0n) is 8.37. The molecule has 1 heterocycles. The maximum Gasteiger partial charge on any atom is 0.124 e. The Morgan fingerprint density at radius 1 is 1.50 bits per heavy atom. The summed E-state index contributed by atoms with van der Waals surface area (Å²) in [5, 5.41) is 18.4. The van der Waals surface area contributed by atoms with Crippen molar-refractivity contribution in [2.75, 3.05) is 5.32 Å². The molecule has 4 nitrogen and oxygen atoms in total. The second-order valence-corrected chi connectivity index (χ2v) is 3.26. The van der Waals surface area contributed by atoms with Gasteiger partial charge in [0, 0.05) is 18.3 Å². The summed E-state index contributed by atoms with van der Waals surface area (Å²) in [7, 11) is 0. The fourth-order valence-electron chi connectivity index (χ4n) is 1.33. The maximum absolute atomic E-state index is 12.9. The van der Waals surface area contributed by atoms with E-state index in [0.29, 0.717) is 17.8 Å². The Bertz CT molecular complexity index is 513. The van der Waals surface area contributed by atoms with Crippen LogP contribution in [0.25, 0.3) is 0 Å². The van der Waals surface area contributed by atoms with Gasteiger partial charge in [0.25, 0.3) is 0 Å². The van der Waals surface area contributed by atoms with Crippen LogP contribution in [0.5, 0.6) is 0 Å². The molecule has 0 amide bonds. The van der Waals surface area contributed by atoms with Crippen LogP contribution in [0.15, 0.2) is 30.6 Å². The van der Waals surface area contributed by atoms with Gasteiger partial charge in [-0.3, -0.25) is 5.10 Å². The van der Waals surface area contributed by atoms with Crippen molar-refractivity contribution in [1.29, 1.82) is 5.26 Å². The van der Waals surface area contributed by atoms with E-state index in [1.165, 1.54) is 12.1 Å². The molecular formula is C11H9FN4. The molecule has 5 heteroatoms. The molecule has 0 radical (unpaired) electrons. The number of H-pyrrole nitrogens is 1. The van der Waals surface area contributed by atoms with Crippen molar-refractivity contribution in [3.63, 3.8) is 0 Å². The molecule has 0 aliphatic rings. The van der Waals surface area contributed by atoms with Gasteiger partial charge in [0.1, 0.15) is 11.9 Å². The van der Waals surface area contributed by atoms with E-state index in [-0.39, 0.29) is 0 Å². The topological polar surface area (TPSA) is 64.5 Å². The van der Waals surface area contributed by atoms with E-state index in [4.69, 9.17) is 5.26 Å². The van der Waals surface area contributed by atoms with E-state index < -0.39 is 5.82 Å². The number of hydrogen-bond acceptors (Lipinski definition) is 3. The highest BCUT2D eigenvalue weighted by atomic mass is 19.1. The van der Waals surface area contributed by atoms with Crippen molar-refractivity contribution in [3.05, 3.63) is 47.5 Å². The number of aromatic amines is 1. The largest absolute Gasteiger partial charge is 0.380 e. The number of nitriles is 1. The second kappa shape index (κ2) is 4.45. The fourth-order valence-corrected chi connectivity index (χ4v) is 1.33. The van der Waals surface area contributed by atoms with Gasteiger partial charge in [-0.25, -0.2) is 4.39 Å². The van der Waals surface area contributed by atoms with Gasteiger partial charge >= 0.3 is 0 Å². The molecule has 2 rings (SSSR count). The summed E-state index contributed by atoms with van der Waals surface area (Å²) in [6, 6.07) is 6.01. The summed E-state index contributed by atoms with van der Waals surface area (Å²) in [6.45, 7) is 0.539. The van der Waals surface area contributed by atoms with Gasteiger partial charge < -0.3 is 5.32 Å². The number of hydrogen-bond donors (Lipinski definition) is 2. The molecule has 2 N–H and O–H groups in total. The Labute approximate surface area is 91.7 Å². The highest BCUT2D eigenvalue weighted by Crippen LogP contribution is 2.16. The molecule has 0 aliphatic heterocycles. The summed E-state index contributed by atoms with van der Waals surface area (Å²) >= 11 is 0. The predicted octanol–water partition coefficient (Wildman–Crippen LogP) is 2.03. The van der Waals surface area contributed by atoms with Crippen molar-refractivity contribution < 1.29 is 4.39 Å². The number of nitrogens with zero attached hydrogens (tertiary/aromatic N) is 2. The van der Waals surface area contributed by atoms with Crippen molar-refractivity contribution in [2.24, 2.45) is 0 Å². The van der Waals surface area contributed by atoms with Crippen molar-refractivity contribution in [2.45, 2.75) is 6.54 Å². The molecule has 1 aromatic heterocycles. The first-order valence-corrected chi connectivity index (χ1v) is 4.71. The highest BCUT2D eigenvalue weighted by molar-refractivity contribution is 5.57. The molecule has 0 saturated heterocycles. The summed E-state index contributed by atoms with van der Waals surface area (Å²) in [5.74, 6) is -0.412. The number of anilines is 1. The molecule has 0 atom stereocenters. The molecule has 0 unspecified atom stereocenters. The lowest BCUT2D eigenvalue weighted by molar-refractivity contribution is 0.627. The maximum atomic E-state index is 12.9. The minimum absolute atomic E-state index is 0.295. The Hall–Kier alpha value is -2.35. The predicted molar refractivity (Wildman–Crippen MR) is 57.0 cm³/mol. The smallest absolute Gasteiger partial charge is 0.124 e. The number of rotatable bonds is 3. The number of nitrogens with one attached hydrogen (secondary N) is 2. The normalized spacial score (nSPS) is 9.75. The van der Waals surface area contributed by atoms with Crippen LogP contribution in [-0.2, 0) is 6.54 Å². The summed E-state index contributed by atoms with van der Waals surface area (Å²) in [6.07, 6.45) is 3.44. The van der Waals surface area contributed by atoms with Gasteiger partial charge in [-0.2, -0.15) is 10.4 Å². The van der Waals surface area contributed by atoms with E-state index >= 15 is 0 Å². The van der Waals surface area contributed by atoms with Crippen molar-refractivity contribution >= 4 is 5.69 Å². The summed E-state index contributed by atoms with van der Waals surface area (Å²) in [4.78, 5) is 0. The van der Waals surface area contributed by atoms with Gasteiger partial charge in [-0.1, -0.05) is 0 Å². The molecule has 16 heavy (non-hydrogen) atoms. The summed E-state index contributed by atoms with van der Waals surface area (Å²) < 4.78 is 12.9. The van der Waals surface area contributed by atoms with E-state index in [1.807, 2.05) is 6.07 Å². The highest BCUT2D eigenvalue weighted by Gasteiger charge is 2.03. The van der Waals surface area contributed by atoms with Crippen molar-refractivity contribution in [1.82, 2.24) is 10.2 Å². The van der Waals surface area contributed by atoms with Crippen LogP contribution in [0.4, 0.5) is 10.1 Å². The molecule has 0 saturated carbocycles. The van der Waals surface area contributed by atoms with E-state index in [9.17, 15) is 4.39 Å². The number of aromatic nitrogens is 2. The third-order valence-electron chi connectivity index (χ3n) is 2.14. The SMILES string of the molecule is N#Cc1cc(F)ccc1NCc1cn[nH]c1. The third-order valence-corrected chi connectivity index (χ3v) is 2.14. The molecule has 0 aliphatic carbocycles. The molecule has 0 bridgehead atoms. The average Bonchev–Trinajstić information content (AvgIpc) is 2.80. The Kier molecular flexibility index (Phi) is 2.83. The van der Waals surface area contributed by atoms with Gasteiger partial charge in [-0.05, 0) is 18.2 Å². The Balaban J connectivity index is 2.13. The zero-order valence-corrected chi connectivity index (χ0v) is 8.37. The molecule has 2 aromatic rings. The second-order valence-electron chi connectivity index (χ2n) is 3.26. The van der Waals surface area contributed by atoms with E-state index in [1.54, 1.807) is 18.5 Å². The first-order valence-electron chi connectivity index (χ1n) is 4.71. The quantitative estimate of drug-likeness (QED) is 0.825. The third kappa shape index (κ3) is 2.17. The van der Waals surface area contributed by atoms with Crippen LogP contribution in [0.1, 0.15) is 11.1 Å². The first-order chi connectivity index (χ1) is 7.79. The minimum Gasteiger partial charge on any atom is -0.380 e. The van der Waals surface area contributed by atoms with E-state index in [0.717, 1.165) is 5.56 Å². The van der Waals surface area contributed by atoms with Gasteiger partial charge in [0.05, 0.1) is 17.4 Å². The lowest BCUT2D eigenvalue weighted by Crippen LogP contribution is -2.00. The van der Waals surface area contributed by atoms with Crippen molar-refractivity contribution in [3.8, 4) is 6.07 Å². The summed E-state index contributed by atoms with van der Waals surface area (Å²) in [5.41, 5.74) is 1.88. The van der Waals surface area contributed by atoms with Gasteiger partial charge in [0.2, 0.25) is 0 Å². The monoisotopic (exact) mass is 216 g/mol. The Morgan fingerprint density at radius 3 is 3.06 bits per heavy atom. The zero-order chi connectivity index (χ0) is 11.4. The Morgan fingerprint density at radius 2 is 2.38 bits per heavy atom. The molecule has 0 fully saturated rings. The lowest BCUT2D eigenvalue weighted by atomic mass is 10.2. The van der Waals surface area contributed by atoms with Gasteiger partial charge in [0.15, 0.2) is 0 Å². The van der Waals surface area contributed by atoms with Crippen LogP contribution >= 0.6 is 0 Å². The molecule has 0 spiro atoms. The van der Waals surface area contributed by atoms with Crippen LogP contribution < -0.4 is 5.32 Å². The molecular weight excluding hydrogens is 207 g/mol. The van der Waals surface area contributed by atoms with Crippen LogP contribution in [0.3, 0.4) is 0 Å². The first kappa shape index (κ1) is 10.2.